The first-order chi connectivity index (χ1) is 10.7. The lowest BCUT2D eigenvalue weighted by Crippen LogP contribution is -2.09. The standard InChI is InChI=1S/C18H16O4/c19-17-15-7-3-13(4-8-15)14-5-9-16(10-6-14)18(20)22-12-2-1-11-21-17/h3-10H,1-2,11-12H2. The highest BCUT2D eigenvalue weighted by molar-refractivity contribution is 5.91. The molecule has 0 amide bonds. The second kappa shape index (κ2) is 6.43. The van der Waals surface area contributed by atoms with Crippen LogP contribution in [0.25, 0.3) is 11.1 Å². The molecule has 5 rings (SSSR count). The van der Waals surface area contributed by atoms with E-state index in [1.165, 1.54) is 0 Å². The summed E-state index contributed by atoms with van der Waals surface area (Å²) in [6.07, 6.45) is 1.33. The van der Waals surface area contributed by atoms with E-state index < -0.39 is 0 Å². The minimum atomic E-state index is -0.328. The van der Waals surface area contributed by atoms with Gasteiger partial charge in [0.1, 0.15) is 0 Å². The van der Waals surface area contributed by atoms with Crippen molar-refractivity contribution in [3.05, 3.63) is 59.7 Å². The van der Waals surface area contributed by atoms with E-state index in [-0.39, 0.29) is 11.9 Å². The zero-order chi connectivity index (χ0) is 15.4. The minimum Gasteiger partial charge on any atom is -0.462 e. The second-order valence-corrected chi connectivity index (χ2v) is 5.13. The molecule has 0 saturated carbocycles. The van der Waals surface area contributed by atoms with Crippen LogP contribution in [0.2, 0.25) is 0 Å². The van der Waals surface area contributed by atoms with E-state index in [0.29, 0.717) is 37.2 Å². The molecule has 0 radical (unpaired) electrons. The van der Waals surface area contributed by atoms with Gasteiger partial charge < -0.3 is 9.47 Å². The number of rotatable bonds is 0. The fourth-order valence-electron chi connectivity index (χ4n) is 2.30. The summed E-state index contributed by atoms with van der Waals surface area (Å²) in [7, 11) is 0. The topological polar surface area (TPSA) is 52.6 Å². The van der Waals surface area contributed by atoms with Crippen molar-refractivity contribution in [2.45, 2.75) is 12.8 Å². The van der Waals surface area contributed by atoms with Gasteiger partial charge in [0, 0.05) is 0 Å². The molecular weight excluding hydrogens is 280 g/mol. The molecule has 112 valence electrons. The lowest BCUT2D eigenvalue weighted by atomic mass is 10.0. The van der Waals surface area contributed by atoms with Crippen molar-refractivity contribution in [2.24, 2.45) is 0 Å². The highest BCUT2D eigenvalue weighted by atomic mass is 16.5. The van der Waals surface area contributed by atoms with Crippen molar-refractivity contribution in [2.75, 3.05) is 13.2 Å². The monoisotopic (exact) mass is 296 g/mol. The van der Waals surface area contributed by atoms with Crippen molar-refractivity contribution in [1.82, 2.24) is 0 Å². The van der Waals surface area contributed by atoms with E-state index in [9.17, 15) is 9.59 Å². The van der Waals surface area contributed by atoms with Crippen molar-refractivity contribution >= 4 is 11.9 Å². The van der Waals surface area contributed by atoms with Gasteiger partial charge in [-0.2, -0.15) is 0 Å². The Balaban J connectivity index is 1.92. The third-order valence-corrected chi connectivity index (χ3v) is 3.58. The molecule has 3 aliphatic rings. The lowest BCUT2D eigenvalue weighted by molar-refractivity contribution is 0.0432. The van der Waals surface area contributed by atoms with Crippen molar-refractivity contribution in [1.29, 1.82) is 0 Å². The minimum absolute atomic E-state index is 0.325. The number of benzene rings is 2. The van der Waals surface area contributed by atoms with Gasteiger partial charge >= 0.3 is 11.9 Å². The van der Waals surface area contributed by atoms with Gasteiger partial charge in [0.25, 0.3) is 0 Å². The molecule has 22 heavy (non-hydrogen) atoms. The first-order valence-corrected chi connectivity index (χ1v) is 7.29. The van der Waals surface area contributed by atoms with Crippen LogP contribution in [0.5, 0.6) is 0 Å². The van der Waals surface area contributed by atoms with Gasteiger partial charge in [0.2, 0.25) is 0 Å². The van der Waals surface area contributed by atoms with Crippen molar-refractivity contribution in [3.8, 4) is 11.1 Å². The van der Waals surface area contributed by atoms with Gasteiger partial charge in [-0.15, -0.1) is 0 Å². The molecule has 2 aromatic rings. The van der Waals surface area contributed by atoms with Gasteiger partial charge in [-0.1, -0.05) is 24.3 Å². The number of ether oxygens (including phenoxy) is 2. The Morgan fingerprint density at radius 1 is 0.545 bits per heavy atom. The van der Waals surface area contributed by atoms with Gasteiger partial charge in [-0.3, -0.25) is 0 Å². The summed E-state index contributed by atoms with van der Waals surface area (Å²) < 4.78 is 10.4. The highest BCUT2D eigenvalue weighted by Gasteiger charge is 2.10. The summed E-state index contributed by atoms with van der Waals surface area (Å²) in [4.78, 5) is 23.8. The number of fused-ring (bicyclic) bond motifs is 2. The number of hydrogen-bond acceptors (Lipinski definition) is 4. The van der Waals surface area contributed by atoms with E-state index >= 15 is 0 Å². The summed E-state index contributed by atoms with van der Waals surface area (Å²) >= 11 is 0. The summed E-state index contributed by atoms with van der Waals surface area (Å²) in [5, 5.41) is 0. The first kappa shape index (κ1) is 14.3. The molecule has 0 atom stereocenters. The zero-order valence-corrected chi connectivity index (χ0v) is 12.1. The van der Waals surface area contributed by atoms with Crippen LogP contribution in [0, 0.1) is 0 Å². The Hall–Kier alpha value is -2.62. The van der Waals surface area contributed by atoms with Gasteiger partial charge in [0.05, 0.1) is 24.3 Å². The Morgan fingerprint density at radius 3 is 1.23 bits per heavy atom. The molecule has 0 aromatic heterocycles. The highest BCUT2D eigenvalue weighted by Crippen LogP contribution is 2.21. The van der Waals surface area contributed by atoms with Gasteiger partial charge in [-0.05, 0) is 48.2 Å². The average molecular weight is 296 g/mol. The third-order valence-electron chi connectivity index (χ3n) is 3.58. The summed E-state index contributed by atoms with van der Waals surface area (Å²) in [6.45, 7) is 0.651. The fraction of sp³-hybridized carbons (Fsp3) is 0.222. The van der Waals surface area contributed by atoms with E-state index in [0.717, 1.165) is 11.1 Å². The fourth-order valence-corrected chi connectivity index (χ4v) is 2.30. The zero-order valence-electron chi connectivity index (χ0n) is 12.1. The second-order valence-electron chi connectivity index (χ2n) is 5.13. The smallest absolute Gasteiger partial charge is 0.338 e. The molecule has 0 fully saturated rings. The van der Waals surface area contributed by atoms with E-state index in [1.807, 2.05) is 24.3 Å². The molecule has 0 aliphatic carbocycles. The molecule has 0 saturated heterocycles. The van der Waals surface area contributed by atoms with Crippen LogP contribution in [-0.4, -0.2) is 25.2 Å². The third kappa shape index (κ3) is 3.17. The first-order valence-electron chi connectivity index (χ1n) is 7.29. The Bertz CT molecular complexity index is 610. The Morgan fingerprint density at radius 2 is 0.864 bits per heavy atom. The summed E-state index contributed by atoms with van der Waals surface area (Å²) in [5.74, 6) is -0.656. The number of carbonyl (C=O) groups is 2. The van der Waals surface area contributed by atoms with Gasteiger partial charge in [0.15, 0.2) is 0 Å². The maximum Gasteiger partial charge on any atom is 0.338 e. The molecular formula is C18H16O4. The largest absolute Gasteiger partial charge is 0.462 e. The number of esters is 2. The van der Waals surface area contributed by atoms with Gasteiger partial charge in [-0.25, -0.2) is 9.59 Å². The van der Waals surface area contributed by atoms with Crippen LogP contribution in [0.15, 0.2) is 48.5 Å². The molecule has 3 aliphatic heterocycles. The Labute approximate surface area is 128 Å². The normalized spacial score (nSPS) is 15.5. The quantitative estimate of drug-likeness (QED) is 0.699. The molecule has 0 spiro atoms. The van der Waals surface area contributed by atoms with E-state index in [2.05, 4.69) is 0 Å². The molecule has 0 unspecified atom stereocenters. The predicted octanol–water partition coefficient (Wildman–Crippen LogP) is 3.46. The van der Waals surface area contributed by atoms with Crippen molar-refractivity contribution in [3.63, 3.8) is 0 Å². The van der Waals surface area contributed by atoms with Crippen LogP contribution in [0.1, 0.15) is 33.6 Å². The van der Waals surface area contributed by atoms with Crippen LogP contribution in [0.4, 0.5) is 0 Å². The molecule has 3 heterocycles. The maximum absolute atomic E-state index is 11.9. The molecule has 4 nitrogen and oxygen atoms in total. The summed E-state index contributed by atoms with van der Waals surface area (Å²) in [6, 6.07) is 14.5. The average Bonchev–Trinajstić information content (AvgIpc) is 2.57. The molecule has 4 bridgehead atoms. The molecule has 0 N–H and O–H groups in total. The van der Waals surface area contributed by atoms with Crippen LogP contribution in [-0.2, 0) is 9.47 Å². The lowest BCUT2D eigenvalue weighted by Gasteiger charge is -2.09. The molecule has 2 aromatic carbocycles. The molecule has 4 heteroatoms. The van der Waals surface area contributed by atoms with Crippen LogP contribution < -0.4 is 0 Å². The predicted molar refractivity (Wildman–Crippen MR) is 81.7 cm³/mol. The van der Waals surface area contributed by atoms with Crippen LogP contribution in [0.3, 0.4) is 0 Å². The Kier molecular flexibility index (Phi) is 4.19. The number of carbonyl (C=O) groups excluding carboxylic acids is 2. The SMILES string of the molecule is O=C1OCCCCOC(=O)c2ccc(cc2)-c2ccc1cc2. The van der Waals surface area contributed by atoms with Crippen LogP contribution >= 0.6 is 0 Å². The maximum atomic E-state index is 11.9. The van der Waals surface area contributed by atoms with E-state index in [1.54, 1.807) is 24.3 Å². The van der Waals surface area contributed by atoms with Crippen molar-refractivity contribution < 1.29 is 19.1 Å². The number of hydrogen-bond donors (Lipinski definition) is 0. The van der Waals surface area contributed by atoms with E-state index in [4.69, 9.17) is 9.47 Å². The summed E-state index contributed by atoms with van der Waals surface area (Å²) in [5.41, 5.74) is 3.03.